The minimum Gasteiger partial charge on any atom is -0.379 e. The fourth-order valence-electron chi connectivity index (χ4n) is 1.39. The number of hydrazine groups is 1. The van der Waals surface area contributed by atoms with Crippen molar-refractivity contribution in [1.29, 1.82) is 5.26 Å². The van der Waals surface area contributed by atoms with Crippen molar-refractivity contribution in [2.24, 2.45) is 11.8 Å². The van der Waals surface area contributed by atoms with Crippen molar-refractivity contribution >= 4 is 0 Å². The average Bonchev–Trinajstić information content (AvgIpc) is 2.19. The van der Waals surface area contributed by atoms with Crippen molar-refractivity contribution < 1.29 is 4.74 Å². The summed E-state index contributed by atoms with van der Waals surface area (Å²) in [5.74, 6) is 5.14. The molecule has 1 aliphatic heterocycles. The van der Waals surface area contributed by atoms with Gasteiger partial charge in [0.05, 0.1) is 25.2 Å². The van der Waals surface area contributed by atoms with Crippen LogP contribution in [-0.2, 0) is 4.74 Å². The lowest BCUT2D eigenvalue weighted by atomic mass is 10.1. The van der Waals surface area contributed by atoms with E-state index in [1.807, 2.05) is 0 Å². The molecule has 1 heterocycles. The molecule has 1 aliphatic rings. The molecule has 0 bridgehead atoms. The van der Waals surface area contributed by atoms with E-state index in [1.165, 1.54) is 0 Å². The molecule has 5 nitrogen and oxygen atoms in total. The zero-order chi connectivity index (χ0) is 9.52. The normalized spacial score (nSPS) is 20.9. The highest BCUT2D eigenvalue weighted by molar-refractivity contribution is 4.86. The molecule has 1 rings (SSSR count). The number of nitrogens with one attached hydrogen (secondary N) is 1. The lowest BCUT2D eigenvalue weighted by Gasteiger charge is -2.28. The number of ether oxygens (including phenoxy) is 1. The number of rotatable bonds is 4. The summed E-state index contributed by atoms with van der Waals surface area (Å²) in [5.41, 5.74) is 2.53. The zero-order valence-corrected chi connectivity index (χ0v) is 7.70. The summed E-state index contributed by atoms with van der Waals surface area (Å²) in [6.45, 7) is 4.71. The van der Waals surface area contributed by atoms with E-state index in [9.17, 15) is 0 Å². The first-order valence-electron chi connectivity index (χ1n) is 4.50. The highest BCUT2D eigenvalue weighted by Crippen LogP contribution is 2.01. The van der Waals surface area contributed by atoms with E-state index in [2.05, 4.69) is 16.4 Å². The molecule has 3 N–H and O–H groups in total. The summed E-state index contributed by atoms with van der Waals surface area (Å²) in [7, 11) is 0. The van der Waals surface area contributed by atoms with Crippen molar-refractivity contribution in [2.45, 2.75) is 0 Å². The van der Waals surface area contributed by atoms with Gasteiger partial charge in [-0.05, 0) is 0 Å². The van der Waals surface area contributed by atoms with Crippen LogP contribution in [-0.4, -0.2) is 44.3 Å². The molecule has 0 aliphatic carbocycles. The van der Waals surface area contributed by atoms with Gasteiger partial charge < -0.3 is 4.74 Å². The van der Waals surface area contributed by atoms with Gasteiger partial charge in [-0.1, -0.05) is 0 Å². The number of morpholine rings is 1. The largest absolute Gasteiger partial charge is 0.379 e. The van der Waals surface area contributed by atoms with Crippen molar-refractivity contribution in [3.05, 3.63) is 0 Å². The Bertz CT molecular complexity index is 173. The van der Waals surface area contributed by atoms with Gasteiger partial charge >= 0.3 is 0 Å². The first kappa shape index (κ1) is 10.4. The van der Waals surface area contributed by atoms with Crippen LogP contribution in [0.2, 0.25) is 0 Å². The molecular formula is C8H16N4O. The first-order valence-corrected chi connectivity index (χ1v) is 4.50. The van der Waals surface area contributed by atoms with Gasteiger partial charge in [0.25, 0.3) is 0 Å². The molecule has 0 radical (unpaired) electrons. The zero-order valence-electron chi connectivity index (χ0n) is 7.70. The number of nitrogens with two attached hydrogens (primary N) is 1. The fourth-order valence-corrected chi connectivity index (χ4v) is 1.39. The summed E-state index contributed by atoms with van der Waals surface area (Å²) >= 11 is 0. The van der Waals surface area contributed by atoms with Crippen LogP contribution in [0.25, 0.3) is 0 Å². The standard InChI is InChI=1S/C8H16N4O/c9-5-8(6-11-10)7-12-1-3-13-4-2-12/h8,11H,1-4,6-7,10H2. The predicted molar refractivity (Wildman–Crippen MR) is 48.6 cm³/mol. The minimum atomic E-state index is -0.0249. The summed E-state index contributed by atoms with van der Waals surface area (Å²) < 4.78 is 5.21. The maximum atomic E-state index is 8.78. The SMILES string of the molecule is N#CC(CNN)CN1CCOCC1. The van der Waals surface area contributed by atoms with Gasteiger partial charge in [0.1, 0.15) is 0 Å². The quantitative estimate of drug-likeness (QED) is 0.429. The number of nitrogens with zero attached hydrogens (tertiary/aromatic N) is 2. The Kier molecular flexibility index (Phi) is 4.72. The summed E-state index contributed by atoms with van der Waals surface area (Å²) in [6, 6.07) is 2.23. The van der Waals surface area contributed by atoms with E-state index < -0.39 is 0 Å². The van der Waals surface area contributed by atoms with Gasteiger partial charge in [0, 0.05) is 26.2 Å². The second-order valence-electron chi connectivity index (χ2n) is 3.15. The average molecular weight is 184 g/mol. The summed E-state index contributed by atoms with van der Waals surface area (Å²) in [4.78, 5) is 2.23. The molecule has 0 saturated carbocycles. The van der Waals surface area contributed by atoms with E-state index in [0.717, 1.165) is 32.8 Å². The third-order valence-corrected chi connectivity index (χ3v) is 2.13. The highest BCUT2D eigenvalue weighted by atomic mass is 16.5. The number of hydrogen-bond donors (Lipinski definition) is 2. The van der Waals surface area contributed by atoms with E-state index in [4.69, 9.17) is 15.8 Å². The molecule has 13 heavy (non-hydrogen) atoms. The Morgan fingerprint density at radius 2 is 2.23 bits per heavy atom. The molecule has 0 aromatic heterocycles. The molecule has 0 aromatic carbocycles. The molecule has 1 unspecified atom stereocenters. The maximum Gasteiger partial charge on any atom is 0.0728 e. The number of hydrogen-bond acceptors (Lipinski definition) is 5. The Morgan fingerprint density at radius 1 is 1.54 bits per heavy atom. The van der Waals surface area contributed by atoms with E-state index >= 15 is 0 Å². The second-order valence-corrected chi connectivity index (χ2v) is 3.15. The molecule has 1 saturated heterocycles. The summed E-state index contributed by atoms with van der Waals surface area (Å²) in [5, 5.41) is 8.78. The summed E-state index contributed by atoms with van der Waals surface area (Å²) in [6.07, 6.45) is 0. The third kappa shape index (κ3) is 3.70. The molecular weight excluding hydrogens is 168 g/mol. The van der Waals surface area contributed by atoms with Gasteiger partial charge in [0.15, 0.2) is 0 Å². The maximum absolute atomic E-state index is 8.78. The van der Waals surface area contributed by atoms with E-state index in [-0.39, 0.29) is 5.92 Å². The van der Waals surface area contributed by atoms with Crippen molar-refractivity contribution in [3.63, 3.8) is 0 Å². The lowest BCUT2D eigenvalue weighted by molar-refractivity contribution is 0.0338. The fraction of sp³-hybridized carbons (Fsp3) is 0.875. The van der Waals surface area contributed by atoms with Crippen LogP contribution < -0.4 is 11.3 Å². The van der Waals surface area contributed by atoms with Gasteiger partial charge in [-0.15, -0.1) is 0 Å². The van der Waals surface area contributed by atoms with Crippen molar-refractivity contribution in [3.8, 4) is 6.07 Å². The van der Waals surface area contributed by atoms with Crippen LogP contribution in [0.15, 0.2) is 0 Å². The van der Waals surface area contributed by atoms with E-state index in [1.54, 1.807) is 0 Å². The smallest absolute Gasteiger partial charge is 0.0728 e. The Labute approximate surface area is 78.4 Å². The van der Waals surface area contributed by atoms with Crippen LogP contribution in [0.4, 0.5) is 0 Å². The van der Waals surface area contributed by atoms with Crippen LogP contribution in [0.3, 0.4) is 0 Å². The van der Waals surface area contributed by atoms with Crippen LogP contribution in [0.1, 0.15) is 0 Å². The molecule has 74 valence electrons. The Hall–Kier alpha value is -0.670. The van der Waals surface area contributed by atoms with Crippen LogP contribution in [0.5, 0.6) is 0 Å². The monoisotopic (exact) mass is 184 g/mol. The molecule has 5 heteroatoms. The molecule has 1 atom stereocenters. The molecule has 0 aromatic rings. The third-order valence-electron chi connectivity index (χ3n) is 2.13. The van der Waals surface area contributed by atoms with Gasteiger partial charge in [-0.25, -0.2) is 0 Å². The first-order chi connectivity index (χ1) is 6.36. The Morgan fingerprint density at radius 3 is 2.77 bits per heavy atom. The number of nitriles is 1. The van der Waals surface area contributed by atoms with Crippen LogP contribution in [0, 0.1) is 17.2 Å². The highest BCUT2D eigenvalue weighted by Gasteiger charge is 2.15. The van der Waals surface area contributed by atoms with Gasteiger partial charge in [0.2, 0.25) is 0 Å². The van der Waals surface area contributed by atoms with E-state index in [0.29, 0.717) is 6.54 Å². The van der Waals surface area contributed by atoms with Crippen molar-refractivity contribution in [2.75, 3.05) is 39.4 Å². The minimum absolute atomic E-state index is 0.0249. The molecule has 0 amide bonds. The second kappa shape index (κ2) is 5.89. The van der Waals surface area contributed by atoms with Gasteiger partial charge in [-0.3, -0.25) is 16.2 Å². The Balaban J connectivity index is 2.24. The predicted octanol–water partition coefficient (Wildman–Crippen LogP) is -1.08. The lowest BCUT2D eigenvalue weighted by Crippen LogP contribution is -2.42. The van der Waals surface area contributed by atoms with Crippen LogP contribution >= 0.6 is 0 Å². The molecule has 1 fully saturated rings. The van der Waals surface area contributed by atoms with Crippen molar-refractivity contribution in [1.82, 2.24) is 10.3 Å². The van der Waals surface area contributed by atoms with Gasteiger partial charge in [-0.2, -0.15) is 5.26 Å². The topological polar surface area (TPSA) is 74.3 Å². The molecule has 0 spiro atoms.